The zero-order chi connectivity index (χ0) is 15.8. The lowest BCUT2D eigenvalue weighted by molar-refractivity contribution is 0.0296. The molecule has 0 aliphatic carbocycles. The molecular formula is C17H26BrClN2. The van der Waals surface area contributed by atoms with Crippen LogP contribution in [0.1, 0.15) is 40.2 Å². The number of piperazine rings is 1. The van der Waals surface area contributed by atoms with Crippen molar-refractivity contribution in [2.45, 2.75) is 52.7 Å². The van der Waals surface area contributed by atoms with E-state index in [1.165, 1.54) is 5.56 Å². The summed E-state index contributed by atoms with van der Waals surface area (Å²) in [6, 6.07) is 6.67. The maximum atomic E-state index is 6.40. The number of halogens is 2. The smallest absolute Gasteiger partial charge is 0.0462 e. The van der Waals surface area contributed by atoms with E-state index in [1.807, 2.05) is 6.07 Å². The molecule has 0 saturated carbocycles. The second kappa shape index (κ2) is 6.19. The van der Waals surface area contributed by atoms with E-state index in [0.717, 1.165) is 29.1 Å². The molecule has 1 aromatic carbocycles. The van der Waals surface area contributed by atoms with Gasteiger partial charge in [0, 0.05) is 40.7 Å². The third-order valence-electron chi connectivity index (χ3n) is 4.46. The summed E-state index contributed by atoms with van der Waals surface area (Å²) in [6.07, 6.45) is 0. The highest BCUT2D eigenvalue weighted by Crippen LogP contribution is 2.30. The molecule has 2 nitrogen and oxygen atoms in total. The third kappa shape index (κ3) is 4.22. The molecule has 1 N–H and O–H groups in total. The minimum absolute atomic E-state index is 0.137. The van der Waals surface area contributed by atoms with Crippen LogP contribution in [0.15, 0.2) is 22.7 Å². The minimum Gasteiger partial charge on any atom is -0.310 e. The summed E-state index contributed by atoms with van der Waals surface area (Å²) in [4.78, 5) is 2.55. The number of benzene rings is 1. The molecule has 1 heterocycles. The number of hydrogen-bond donors (Lipinski definition) is 1. The van der Waals surface area contributed by atoms with Gasteiger partial charge >= 0.3 is 0 Å². The predicted molar refractivity (Wildman–Crippen MR) is 94.9 cm³/mol. The second-order valence-corrected chi connectivity index (χ2v) is 9.05. The summed E-state index contributed by atoms with van der Waals surface area (Å²) in [7, 11) is 0. The molecule has 2 rings (SSSR count). The summed E-state index contributed by atoms with van der Waals surface area (Å²) in [6.45, 7) is 14.4. The standard InChI is InChI=1S/C17H26BrClN2/c1-16(2,3)15-10-21(17(4,5)11-20-15)9-12-6-7-13(18)8-14(12)19/h6-8,15,20H,9-11H2,1-5H3. The van der Waals surface area contributed by atoms with Crippen LogP contribution < -0.4 is 5.32 Å². The van der Waals surface area contributed by atoms with Gasteiger partial charge < -0.3 is 5.32 Å². The summed E-state index contributed by atoms with van der Waals surface area (Å²) in [5.74, 6) is 0. The normalized spacial score (nSPS) is 23.3. The van der Waals surface area contributed by atoms with Crippen LogP contribution in [-0.4, -0.2) is 29.6 Å². The first kappa shape index (κ1) is 17.3. The van der Waals surface area contributed by atoms with Gasteiger partial charge in [-0.3, -0.25) is 4.90 Å². The fourth-order valence-electron chi connectivity index (χ4n) is 2.73. The van der Waals surface area contributed by atoms with Crippen molar-refractivity contribution in [1.82, 2.24) is 10.2 Å². The molecule has 0 bridgehead atoms. The highest BCUT2D eigenvalue weighted by atomic mass is 79.9. The molecule has 1 unspecified atom stereocenters. The zero-order valence-corrected chi connectivity index (χ0v) is 16.0. The molecule has 1 aliphatic heterocycles. The van der Waals surface area contributed by atoms with Crippen LogP contribution in [0.3, 0.4) is 0 Å². The highest BCUT2D eigenvalue weighted by molar-refractivity contribution is 9.10. The Balaban J connectivity index is 2.18. The Bertz CT molecular complexity index is 508. The van der Waals surface area contributed by atoms with Gasteiger partial charge in [-0.05, 0) is 37.0 Å². The minimum atomic E-state index is 0.137. The van der Waals surface area contributed by atoms with Crippen molar-refractivity contribution in [1.29, 1.82) is 0 Å². The monoisotopic (exact) mass is 372 g/mol. The van der Waals surface area contributed by atoms with Crippen LogP contribution in [-0.2, 0) is 6.54 Å². The van der Waals surface area contributed by atoms with E-state index in [2.05, 4.69) is 72.9 Å². The molecular weight excluding hydrogens is 348 g/mol. The summed E-state index contributed by atoms with van der Waals surface area (Å²) >= 11 is 9.87. The molecule has 1 saturated heterocycles. The zero-order valence-electron chi connectivity index (χ0n) is 13.6. The maximum absolute atomic E-state index is 6.40. The molecule has 0 amide bonds. The average molecular weight is 374 g/mol. The fourth-order valence-corrected chi connectivity index (χ4v) is 3.46. The molecule has 21 heavy (non-hydrogen) atoms. The highest BCUT2D eigenvalue weighted by Gasteiger charge is 2.38. The second-order valence-electron chi connectivity index (χ2n) is 7.73. The first-order valence-corrected chi connectivity index (χ1v) is 8.69. The van der Waals surface area contributed by atoms with Crippen LogP contribution in [0.2, 0.25) is 5.02 Å². The van der Waals surface area contributed by atoms with Crippen LogP contribution in [0.4, 0.5) is 0 Å². The first-order valence-electron chi connectivity index (χ1n) is 7.52. The van der Waals surface area contributed by atoms with E-state index < -0.39 is 0 Å². The number of nitrogens with one attached hydrogen (secondary N) is 1. The van der Waals surface area contributed by atoms with Crippen LogP contribution in [0.5, 0.6) is 0 Å². The van der Waals surface area contributed by atoms with Crippen LogP contribution in [0.25, 0.3) is 0 Å². The quantitative estimate of drug-likeness (QED) is 0.808. The molecule has 1 aliphatic rings. The SMILES string of the molecule is CC(C)(C)C1CN(Cc2ccc(Br)cc2Cl)C(C)(C)CN1. The van der Waals surface area contributed by atoms with Crippen molar-refractivity contribution >= 4 is 27.5 Å². The Morgan fingerprint density at radius 3 is 2.62 bits per heavy atom. The largest absolute Gasteiger partial charge is 0.310 e. The topological polar surface area (TPSA) is 15.3 Å². The van der Waals surface area contributed by atoms with Crippen molar-refractivity contribution < 1.29 is 0 Å². The van der Waals surface area contributed by atoms with Crippen LogP contribution >= 0.6 is 27.5 Å². The van der Waals surface area contributed by atoms with Gasteiger partial charge in [0.25, 0.3) is 0 Å². The van der Waals surface area contributed by atoms with Crippen molar-refractivity contribution in [2.24, 2.45) is 5.41 Å². The lowest BCUT2D eigenvalue weighted by atomic mass is 9.82. The van der Waals surface area contributed by atoms with Gasteiger partial charge in [-0.15, -0.1) is 0 Å². The Morgan fingerprint density at radius 1 is 1.38 bits per heavy atom. The van der Waals surface area contributed by atoms with Crippen molar-refractivity contribution in [3.05, 3.63) is 33.3 Å². The Kier molecular flexibility index (Phi) is 5.09. The molecule has 1 aromatic rings. The van der Waals surface area contributed by atoms with Gasteiger partial charge in [-0.2, -0.15) is 0 Å². The summed E-state index contributed by atoms with van der Waals surface area (Å²) < 4.78 is 1.03. The molecule has 0 spiro atoms. The molecule has 4 heteroatoms. The Morgan fingerprint density at radius 2 is 2.05 bits per heavy atom. The fraction of sp³-hybridized carbons (Fsp3) is 0.647. The number of hydrogen-bond acceptors (Lipinski definition) is 2. The van der Waals surface area contributed by atoms with Crippen molar-refractivity contribution in [2.75, 3.05) is 13.1 Å². The third-order valence-corrected chi connectivity index (χ3v) is 5.31. The first-order chi connectivity index (χ1) is 9.59. The van der Waals surface area contributed by atoms with Gasteiger partial charge in [-0.1, -0.05) is 54.4 Å². The van der Waals surface area contributed by atoms with E-state index >= 15 is 0 Å². The molecule has 118 valence electrons. The number of nitrogens with zero attached hydrogens (tertiary/aromatic N) is 1. The molecule has 1 atom stereocenters. The Labute approximate surface area is 142 Å². The van der Waals surface area contributed by atoms with Gasteiger partial charge in [-0.25, -0.2) is 0 Å². The Hall–Kier alpha value is -0.0900. The van der Waals surface area contributed by atoms with Crippen LogP contribution in [0, 0.1) is 5.41 Å². The predicted octanol–water partition coefficient (Wildman–Crippen LogP) is 4.70. The van der Waals surface area contributed by atoms with E-state index in [4.69, 9.17) is 11.6 Å². The summed E-state index contributed by atoms with van der Waals surface area (Å²) in [5.41, 5.74) is 1.60. The average Bonchev–Trinajstić information content (AvgIpc) is 2.33. The van der Waals surface area contributed by atoms with Crippen molar-refractivity contribution in [3.63, 3.8) is 0 Å². The molecule has 0 radical (unpaired) electrons. The van der Waals surface area contributed by atoms with Gasteiger partial charge in [0.05, 0.1) is 0 Å². The van der Waals surface area contributed by atoms with E-state index in [9.17, 15) is 0 Å². The van der Waals surface area contributed by atoms with Gasteiger partial charge in [0.1, 0.15) is 0 Å². The van der Waals surface area contributed by atoms with E-state index in [0.29, 0.717) is 6.04 Å². The van der Waals surface area contributed by atoms with E-state index in [1.54, 1.807) is 0 Å². The van der Waals surface area contributed by atoms with E-state index in [-0.39, 0.29) is 11.0 Å². The van der Waals surface area contributed by atoms with Crippen molar-refractivity contribution in [3.8, 4) is 0 Å². The van der Waals surface area contributed by atoms with Gasteiger partial charge in [0.2, 0.25) is 0 Å². The van der Waals surface area contributed by atoms with Gasteiger partial charge in [0.15, 0.2) is 0 Å². The lowest BCUT2D eigenvalue weighted by Gasteiger charge is -2.49. The lowest BCUT2D eigenvalue weighted by Crippen LogP contribution is -2.64. The number of rotatable bonds is 2. The molecule has 1 fully saturated rings. The summed E-state index contributed by atoms with van der Waals surface area (Å²) in [5, 5.41) is 4.55. The molecule has 0 aromatic heterocycles. The maximum Gasteiger partial charge on any atom is 0.0462 e.